The average Bonchev–Trinajstić information content (AvgIpc) is 2.89. The summed E-state index contributed by atoms with van der Waals surface area (Å²) in [6.07, 6.45) is 1.12. The van der Waals surface area contributed by atoms with Crippen molar-refractivity contribution in [2.45, 2.75) is 33.0 Å². The minimum atomic E-state index is 0.739. The fourth-order valence-corrected chi connectivity index (χ4v) is 2.26. The molecule has 114 valence electrons. The molecule has 0 spiro atoms. The van der Waals surface area contributed by atoms with Gasteiger partial charge in [0.15, 0.2) is 5.76 Å². The maximum atomic E-state index is 5.89. The number of aromatic nitrogens is 1. The summed E-state index contributed by atoms with van der Waals surface area (Å²) in [5.41, 5.74) is 2.18. The molecular weight excluding hydrogens is 286 g/mol. The van der Waals surface area contributed by atoms with Gasteiger partial charge in [0.2, 0.25) is 0 Å². The molecule has 2 aromatic rings. The van der Waals surface area contributed by atoms with Crippen molar-refractivity contribution in [1.29, 1.82) is 0 Å². The zero-order valence-electron chi connectivity index (χ0n) is 12.6. The third-order valence-corrected chi connectivity index (χ3v) is 3.38. The fraction of sp³-hybridized carbons (Fsp3) is 0.438. The van der Waals surface area contributed by atoms with Gasteiger partial charge in [-0.3, -0.25) is 4.90 Å². The van der Waals surface area contributed by atoms with E-state index in [0.29, 0.717) is 0 Å². The van der Waals surface area contributed by atoms with E-state index in [1.165, 1.54) is 5.56 Å². The highest BCUT2D eigenvalue weighted by Gasteiger charge is 2.07. The Kier molecular flexibility index (Phi) is 6.23. The molecule has 5 heteroatoms. The molecule has 0 amide bonds. The van der Waals surface area contributed by atoms with Crippen LogP contribution in [0.4, 0.5) is 0 Å². The van der Waals surface area contributed by atoms with Crippen LogP contribution in [-0.4, -0.2) is 23.6 Å². The second kappa shape index (κ2) is 8.17. The Bertz CT molecular complexity index is 539. The lowest BCUT2D eigenvalue weighted by molar-refractivity contribution is 0.265. The molecule has 1 aromatic heterocycles. The Morgan fingerprint density at radius 2 is 2.00 bits per heavy atom. The number of benzene rings is 1. The van der Waals surface area contributed by atoms with Gasteiger partial charge in [-0.2, -0.15) is 0 Å². The van der Waals surface area contributed by atoms with Gasteiger partial charge in [-0.25, -0.2) is 0 Å². The minimum absolute atomic E-state index is 0.739. The number of hydrogen-bond donors (Lipinski definition) is 1. The molecular formula is C16H22ClN3O. The molecule has 4 nitrogen and oxygen atoms in total. The average molecular weight is 308 g/mol. The van der Waals surface area contributed by atoms with E-state index < -0.39 is 0 Å². The molecule has 0 atom stereocenters. The Labute approximate surface area is 131 Å². The van der Waals surface area contributed by atoms with Crippen LogP contribution in [-0.2, 0) is 19.6 Å². The third-order valence-electron chi connectivity index (χ3n) is 3.13. The van der Waals surface area contributed by atoms with Crippen LogP contribution in [0.2, 0.25) is 5.02 Å². The Balaban J connectivity index is 1.82. The Morgan fingerprint density at radius 3 is 2.71 bits per heavy atom. The molecule has 0 aliphatic rings. The normalized spacial score (nSPS) is 11.2. The van der Waals surface area contributed by atoms with Gasteiger partial charge in [0.05, 0.1) is 12.2 Å². The van der Waals surface area contributed by atoms with Crippen molar-refractivity contribution in [2.75, 3.05) is 13.6 Å². The van der Waals surface area contributed by atoms with E-state index in [4.69, 9.17) is 16.1 Å². The fourth-order valence-electron chi connectivity index (χ4n) is 2.13. The quantitative estimate of drug-likeness (QED) is 0.758. The molecule has 21 heavy (non-hydrogen) atoms. The van der Waals surface area contributed by atoms with Gasteiger partial charge in [0.1, 0.15) is 0 Å². The van der Waals surface area contributed by atoms with Gasteiger partial charge in [0.25, 0.3) is 0 Å². The predicted octanol–water partition coefficient (Wildman–Crippen LogP) is 3.46. The van der Waals surface area contributed by atoms with Gasteiger partial charge < -0.3 is 9.84 Å². The van der Waals surface area contributed by atoms with Crippen LogP contribution in [0.3, 0.4) is 0 Å². The van der Waals surface area contributed by atoms with Crippen molar-refractivity contribution >= 4 is 11.6 Å². The van der Waals surface area contributed by atoms with E-state index in [0.717, 1.165) is 49.1 Å². The lowest BCUT2D eigenvalue weighted by Gasteiger charge is -2.14. The number of hydrogen-bond acceptors (Lipinski definition) is 4. The Hall–Kier alpha value is -1.36. The smallest absolute Gasteiger partial charge is 0.151 e. The first-order valence-electron chi connectivity index (χ1n) is 7.25. The van der Waals surface area contributed by atoms with E-state index in [1.54, 1.807) is 0 Å². The summed E-state index contributed by atoms with van der Waals surface area (Å²) in [6.45, 7) is 5.49. The number of nitrogens with zero attached hydrogens (tertiary/aromatic N) is 2. The third kappa shape index (κ3) is 5.50. The first-order chi connectivity index (χ1) is 10.2. The van der Waals surface area contributed by atoms with E-state index in [9.17, 15) is 0 Å². The molecule has 2 rings (SSSR count). The maximum absolute atomic E-state index is 5.89. The lowest BCUT2D eigenvalue weighted by atomic mass is 10.2. The van der Waals surface area contributed by atoms with Crippen molar-refractivity contribution in [3.05, 3.63) is 52.4 Å². The van der Waals surface area contributed by atoms with E-state index in [2.05, 4.69) is 29.3 Å². The zero-order valence-corrected chi connectivity index (χ0v) is 13.4. The molecule has 1 aromatic carbocycles. The van der Waals surface area contributed by atoms with Gasteiger partial charge in [-0.15, -0.1) is 0 Å². The van der Waals surface area contributed by atoms with Gasteiger partial charge in [-0.05, 0) is 37.7 Å². The molecule has 0 saturated carbocycles. The predicted molar refractivity (Wildman–Crippen MR) is 85.1 cm³/mol. The SMILES string of the molecule is CCCNCc1cc(CN(C)Cc2ccc(Cl)cc2)on1. The molecule has 0 saturated heterocycles. The molecule has 0 radical (unpaired) electrons. The van der Waals surface area contributed by atoms with Crippen molar-refractivity contribution in [3.63, 3.8) is 0 Å². The van der Waals surface area contributed by atoms with Crippen LogP contribution in [0.25, 0.3) is 0 Å². The van der Waals surface area contributed by atoms with Crippen LogP contribution in [0, 0.1) is 0 Å². The summed E-state index contributed by atoms with van der Waals surface area (Å²) in [6, 6.07) is 9.92. The summed E-state index contributed by atoms with van der Waals surface area (Å²) in [7, 11) is 2.06. The van der Waals surface area contributed by atoms with E-state index in [1.807, 2.05) is 30.3 Å². The summed E-state index contributed by atoms with van der Waals surface area (Å²) < 4.78 is 5.37. The molecule has 0 unspecified atom stereocenters. The standard InChI is InChI=1S/C16H22ClN3O/c1-3-8-18-10-15-9-16(21-19-15)12-20(2)11-13-4-6-14(17)7-5-13/h4-7,9,18H,3,8,10-12H2,1-2H3. The van der Waals surface area contributed by atoms with Crippen molar-refractivity contribution in [3.8, 4) is 0 Å². The van der Waals surface area contributed by atoms with Gasteiger partial charge in [-0.1, -0.05) is 35.8 Å². The molecule has 0 fully saturated rings. The van der Waals surface area contributed by atoms with Crippen LogP contribution in [0.15, 0.2) is 34.9 Å². The molecule has 1 N–H and O–H groups in total. The Morgan fingerprint density at radius 1 is 1.24 bits per heavy atom. The molecule has 0 bridgehead atoms. The van der Waals surface area contributed by atoms with Gasteiger partial charge >= 0.3 is 0 Å². The van der Waals surface area contributed by atoms with Crippen molar-refractivity contribution in [2.24, 2.45) is 0 Å². The second-order valence-corrected chi connectivity index (χ2v) is 5.70. The second-order valence-electron chi connectivity index (χ2n) is 5.26. The van der Waals surface area contributed by atoms with E-state index >= 15 is 0 Å². The summed E-state index contributed by atoms with van der Waals surface area (Å²) in [5, 5.41) is 8.16. The minimum Gasteiger partial charge on any atom is -0.360 e. The largest absolute Gasteiger partial charge is 0.360 e. The highest BCUT2D eigenvalue weighted by molar-refractivity contribution is 6.30. The number of nitrogens with one attached hydrogen (secondary N) is 1. The first-order valence-corrected chi connectivity index (χ1v) is 7.63. The van der Waals surface area contributed by atoms with E-state index in [-0.39, 0.29) is 0 Å². The van der Waals surface area contributed by atoms with Crippen LogP contribution >= 0.6 is 11.6 Å². The summed E-state index contributed by atoms with van der Waals surface area (Å²) in [5.74, 6) is 0.889. The monoisotopic (exact) mass is 307 g/mol. The summed E-state index contributed by atoms with van der Waals surface area (Å²) >= 11 is 5.89. The van der Waals surface area contributed by atoms with Crippen molar-refractivity contribution in [1.82, 2.24) is 15.4 Å². The van der Waals surface area contributed by atoms with Gasteiger partial charge in [0, 0.05) is 24.2 Å². The lowest BCUT2D eigenvalue weighted by Crippen LogP contribution is -2.16. The maximum Gasteiger partial charge on any atom is 0.151 e. The van der Waals surface area contributed by atoms with Crippen LogP contribution in [0.1, 0.15) is 30.4 Å². The molecule has 0 aliphatic carbocycles. The zero-order chi connectivity index (χ0) is 15.1. The van der Waals surface area contributed by atoms with Crippen LogP contribution in [0.5, 0.6) is 0 Å². The summed E-state index contributed by atoms with van der Waals surface area (Å²) in [4.78, 5) is 2.19. The molecule has 0 aliphatic heterocycles. The highest BCUT2D eigenvalue weighted by Crippen LogP contribution is 2.13. The first kappa shape index (κ1) is 16.0. The topological polar surface area (TPSA) is 41.3 Å². The number of halogens is 1. The van der Waals surface area contributed by atoms with Crippen LogP contribution < -0.4 is 5.32 Å². The van der Waals surface area contributed by atoms with Crippen molar-refractivity contribution < 1.29 is 4.52 Å². The molecule has 1 heterocycles. The number of rotatable bonds is 8. The highest BCUT2D eigenvalue weighted by atomic mass is 35.5.